The lowest BCUT2D eigenvalue weighted by Gasteiger charge is -2.43. The van der Waals surface area contributed by atoms with Crippen LogP contribution >= 0.6 is 0 Å². The lowest BCUT2D eigenvalue weighted by Crippen LogP contribution is -2.55. The molecule has 0 aliphatic carbocycles. The van der Waals surface area contributed by atoms with Gasteiger partial charge < -0.3 is 5.73 Å². The highest BCUT2D eigenvalue weighted by molar-refractivity contribution is 5.25. The first-order valence-corrected chi connectivity index (χ1v) is 8.30. The van der Waals surface area contributed by atoms with E-state index in [-0.39, 0.29) is 6.04 Å². The molecule has 0 amide bonds. The summed E-state index contributed by atoms with van der Waals surface area (Å²) in [7, 11) is 2.22. The minimum absolute atomic E-state index is 0.114. The minimum Gasteiger partial charge on any atom is -0.323 e. The maximum Gasteiger partial charge on any atom is 0.0424 e. The van der Waals surface area contributed by atoms with Gasteiger partial charge in [0.1, 0.15) is 0 Å². The standard InChI is InChI=1S/C18H31N3/c1-5-6-16-7-9-17(10-8-16)18(19)13-21-11-14(2)20(4)15(3)12-21/h7-10,14-15,18H,5-6,11-13,19H2,1-4H3. The molecule has 1 aliphatic heterocycles. The molecule has 0 radical (unpaired) electrons. The fourth-order valence-electron chi connectivity index (χ4n) is 3.27. The molecule has 0 aromatic heterocycles. The molecule has 1 heterocycles. The van der Waals surface area contributed by atoms with Crippen molar-refractivity contribution >= 4 is 0 Å². The molecule has 3 atom stereocenters. The van der Waals surface area contributed by atoms with E-state index in [4.69, 9.17) is 5.73 Å². The number of nitrogens with zero attached hydrogens (tertiary/aromatic N) is 2. The Balaban J connectivity index is 1.93. The third kappa shape index (κ3) is 4.29. The highest BCUT2D eigenvalue weighted by Gasteiger charge is 2.27. The van der Waals surface area contributed by atoms with Crippen molar-refractivity contribution in [2.75, 3.05) is 26.7 Å². The average molecular weight is 289 g/mol. The molecule has 2 N–H and O–H groups in total. The molecule has 21 heavy (non-hydrogen) atoms. The van der Waals surface area contributed by atoms with E-state index < -0.39 is 0 Å². The van der Waals surface area contributed by atoms with Crippen LogP contribution in [0.1, 0.15) is 44.4 Å². The van der Waals surface area contributed by atoms with E-state index in [0.29, 0.717) is 12.1 Å². The smallest absolute Gasteiger partial charge is 0.0424 e. The van der Waals surface area contributed by atoms with Crippen LogP contribution < -0.4 is 5.73 Å². The van der Waals surface area contributed by atoms with E-state index in [9.17, 15) is 0 Å². The molecule has 1 fully saturated rings. The van der Waals surface area contributed by atoms with Crippen molar-refractivity contribution < 1.29 is 0 Å². The molecule has 0 bridgehead atoms. The summed E-state index contributed by atoms with van der Waals surface area (Å²) in [5, 5.41) is 0. The Morgan fingerprint density at radius 2 is 1.71 bits per heavy atom. The molecule has 1 aromatic rings. The van der Waals surface area contributed by atoms with Crippen molar-refractivity contribution in [3.8, 4) is 0 Å². The summed E-state index contributed by atoms with van der Waals surface area (Å²) in [5.41, 5.74) is 9.09. The average Bonchev–Trinajstić information content (AvgIpc) is 2.45. The van der Waals surface area contributed by atoms with E-state index in [1.165, 1.54) is 17.5 Å². The third-order valence-electron chi connectivity index (χ3n) is 4.84. The van der Waals surface area contributed by atoms with Crippen LogP contribution in [0.2, 0.25) is 0 Å². The van der Waals surface area contributed by atoms with Gasteiger partial charge in [-0.3, -0.25) is 9.80 Å². The Bertz CT molecular complexity index is 417. The largest absolute Gasteiger partial charge is 0.323 e. The summed E-state index contributed by atoms with van der Waals surface area (Å²) in [5.74, 6) is 0. The second-order valence-electron chi connectivity index (χ2n) is 6.68. The van der Waals surface area contributed by atoms with E-state index in [1.807, 2.05) is 0 Å². The summed E-state index contributed by atoms with van der Waals surface area (Å²) < 4.78 is 0. The van der Waals surface area contributed by atoms with Gasteiger partial charge in [0.15, 0.2) is 0 Å². The first-order chi connectivity index (χ1) is 10.0. The van der Waals surface area contributed by atoms with Crippen molar-refractivity contribution in [1.29, 1.82) is 0 Å². The molecule has 3 unspecified atom stereocenters. The predicted molar refractivity (Wildman–Crippen MR) is 90.5 cm³/mol. The Morgan fingerprint density at radius 3 is 2.24 bits per heavy atom. The molecule has 3 heteroatoms. The number of hydrogen-bond acceptors (Lipinski definition) is 3. The SMILES string of the molecule is CCCc1ccc(C(N)CN2CC(C)N(C)C(C)C2)cc1. The second-order valence-corrected chi connectivity index (χ2v) is 6.68. The Kier molecular flexibility index (Phi) is 5.80. The predicted octanol–water partition coefficient (Wildman–Crippen LogP) is 2.66. The number of piperazine rings is 1. The van der Waals surface area contributed by atoms with Crippen molar-refractivity contribution in [3.05, 3.63) is 35.4 Å². The summed E-state index contributed by atoms with van der Waals surface area (Å²) in [4.78, 5) is 4.97. The third-order valence-corrected chi connectivity index (χ3v) is 4.84. The van der Waals surface area contributed by atoms with E-state index in [1.54, 1.807) is 0 Å². The molecule has 118 valence electrons. The zero-order valence-corrected chi connectivity index (χ0v) is 14.0. The molecule has 2 rings (SSSR count). The summed E-state index contributed by atoms with van der Waals surface area (Å²) in [6.07, 6.45) is 2.35. The van der Waals surface area contributed by atoms with Crippen molar-refractivity contribution in [2.45, 2.75) is 51.7 Å². The zero-order valence-electron chi connectivity index (χ0n) is 14.0. The van der Waals surface area contributed by atoms with Crippen molar-refractivity contribution in [3.63, 3.8) is 0 Å². The highest BCUT2D eigenvalue weighted by Crippen LogP contribution is 2.18. The van der Waals surface area contributed by atoms with Gasteiger partial charge in [0, 0.05) is 37.8 Å². The number of hydrogen-bond donors (Lipinski definition) is 1. The zero-order chi connectivity index (χ0) is 15.4. The van der Waals surface area contributed by atoms with Gasteiger partial charge in [0.2, 0.25) is 0 Å². The number of benzene rings is 1. The number of likely N-dealkylation sites (N-methyl/N-ethyl adjacent to an activating group) is 1. The second kappa shape index (κ2) is 7.39. The molecule has 1 aliphatic rings. The Morgan fingerprint density at radius 1 is 1.14 bits per heavy atom. The summed E-state index contributed by atoms with van der Waals surface area (Å²) in [6, 6.07) is 10.2. The lowest BCUT2D eigenvalue weighted by atomic mass is 10.0. The Labute approximate surface area is 130 Å². The summed E-state index contributed by atoms with van der Waals surface area (Å²) >= 11 is 0. The molecule has 0 saturated carbocycles. The van der Waals surface area contributed by atoms with Gasteiger partial charge in [-0.1, -0.05) is 37.6 Å². The van der Waals surface area contributed by atoms with Gasteiger partial charge in [-0.15, -0.1) is 0 Å². The van der Waals surface area contributed by atoms with Crippen LogP contribution in [0, 0.1) is 0 Å². The van der Waals surface area contributed by atoms with Gasteiger partial charge >= 0.3 is 0 Å². The summed E-state index contributed by atoms with van der Waals surface area (Å²) in [6.45, 7) is 10.00. The molecule has 0 spiro atoms. The topological polar surface area (TPSA) is 32.5 Å². The molecule has 3 nitrogen and oxygen atoms in total. The van der Waals surface area contributed by atoms with Crippen LogP contribution in [0.5, 0.6) is 0 Å². The maximum absolute atomic E-state index is 6.42. The number of aryl methyl sites for hydroxylation is 1. The fourth-order valence-corrected chi connectivity index (χ4v) is 3.27. The number of nitrogens with two attached hydrogens (primary N) is 1. The minimum atomic E-state index is 0.114. The van der Waals surface area contributed by atoms with Gasteiger partial charge in [-0.2, -0.15) is 0 Å². The number of rotatable bonds is 5. The van der Waals surface area contributed by atoms with Crippen molar-refractivity contribution in [1.82, 2.24) is 9.80 Å². The maximum atomic E-state index is 6.42. The molecular weight excluding hydrogens is 258 g/mol. The van der Waals surface area contributed by atoms with Crippen LogP contribution in [-0.4, -0.2) is 48.6 Å². The van der Waals surface area contributed by atoms with Crippen LogP contribution in [0.4, 0.5) is 0 Å². The van der Waals surface area contributed by atoms with Crippen molar-refractivity contribution in [2.24, 2.45) is 5.73 Å². The van der Waals surface area contributed by atoms with E-state index in [0.717, 1.165) is 26.1 Å². The lowest BCUT2D eigenvalue weighted by molar-refractivity contribution is 0.0567. The van der Waals surface area contributed by atoms with Gasteiger partial charge in [0.25, 0.3) is 0 Å². The van der Waals surface area contributed by atoms with E-state index >= 15 is 0 Å². The van der Waals surface area contributed by atoms with Crippen LogP contribution in [-0.2, 0) is 6.42 Å². The van der Waals surface area contributed by atoms with E-state index in [2.05, 4.69) is 61.9 Å². The fraction of sp³-hybridized carbons (Fsp3) is 0.667. The van der Waals surface area contributed by atoms with Gasteiger partial charge in [0.05, 0.1) is 0 Å². The van der Waals surface area contributed by atoms with Gasteiger partial charge in [-0.25, -0.2) is 0 Å². The first kappa shape index (κ1) is 16.5. The van der Waals surface area contributed by atoms with Crippen LogP contribution in [0.15, 0.2) is 24.3 Å². The van der Waals surface area contributed by atoms with Gasteiger partial charge in [-0.05, 0) is 38.4 Å². The molecular formula is C18H31N3. The Hall–Kier alpha value is -0.900. The molecule has 1 saturated heterocycles. The monoisotopic (exact) mass is 289 g/mol. The van der Waals surface area contributed by atoms with Crippen LogP contribution in [0.3, 0.4) is 0 Å². The first-order valence-electron chi connectivity index (χ1n) is 8.30. The molecule has 1 aromatic carbocycles. The highest BCUT2D eigenvalue weighted by atomic mass is 15.3. The quantitative estimate of drug-likeness (QED) is 0.904. The normalized spacial score (nSPS) is 26.0. The van der Waals surface area contributed by atoms with Crippen LogP contribution in [0.25, 0.3) is 0 Å².